The molecule has 0 saturated heterocycles. The maximum Gasteiger partial charge on any atom is 0.337 e. The van der Waals surface area contributed by atoms with Gasteiger partial charge in [0.1, 0.15) is 0 Å². The summed E-state index contributed by atoms with van der Waals surface area (Å²) in [5, 5.41) is 9.25. The Morgan fingerprint density at radius 1 is 1.05 bits per heavy atom. The van der Waals surface area contributed by atoms with Gasteiger partial charge in [-0.2, -0.15) is 0 Å². The summed E-state index contributed by atoms with van der Waals surface area (Å²) in [5.41, 5.74) is 2.37. The van der Waals surface area contributed by atoms with E-state index in [2.05, 4.69) is 4.98 Å². The highest BCUT2D eigenvalue weighted by atomic mass is 16.4. The molecule has 0 aliphatic rings. The molecule has 0 spiro atoms. The Morgan fingerprint density at radius 2 is 1.68 bits per heavy atom. The van der Waals surface area contributed by atoms with E-state index in [1.807, 2.05) is 51.1 Å². The van der Waals surface area contributed by atoms with E-state index < -0.39 is 5.97 Å². The highest BCUT2D eigenvalue weighted by Gasteiger charge is 2.23. The molecule has 0 aliphatic heterocycles. The number of benzene rings is 1. The molecule has 0 amide bonds. The van der Waals surface area contributed by atoms with Crippen molar-refractivity contribution in [3.63, 3.8) is 0 Å². The molecular weight excluding hydrogens is 238 g/mol. The SMILES string of the molecule is CC(C)(C)c1nc(-c2ccccc2)ccc1C(=O)O. The molecule has 0 fully saturated rings. The second-order valence-corrected chi connectivity index (χ2v) is 5.51. The fraction of sp³-hybridized carbons (Fsp3) is 0.250. The molecule has 0 bridgehead atoms. The number of rotatable bonds is 2. The van der Waals surface area contributed by atoms with Crippen LogP contribution >= 0.6 is 0 Å². The third kappa shape index (κ3) is 2.81. The average Bonchev–Trinajstić information content (AvgIpc) is 2.38. The Labute approximate surface area is 112 Å². The summed E-state index contributed by atoms with van der Waals surface area (Å²) in [6.45, 7) is 5.91. The van der Waals surface area contributed by atoms with Gasteiger partial charge in [-0.25, -0.2) is 4.79 Å². The van der Waals surface area contributed by atoms with Crippen LogP contribution in [0.2, 0.25) is 0 Å². The topological polar surface area (TPSA) is 50.2 Å². The lowest BCUT2D eigenvalue weighted by molar-refractivity contribution is 0.0693. The van der Waals surface area contributed by atoms with Gasteiger partial charge < -0.3 is 5.11 Å². The zero-order valence-electron chi connectivity index (χ0n) is 11.3. The van der Waals surface area contributed by atoms with Crippen LogP contribution in [0.15, 0.2) is 42.5 Å². The largest absolute Gasteiger partial charge is 0.478 e. The van der Waals surface area contributed by atoms with E-state index >= 15 is 0 Å². The first-order valence-electron chi connectivity index (χ1n) is 6.20. The second kappa shape index (κ2) is 4.84. The molecule has 98 valence electrons. The van der Waals surface area contributed by atoms with E-state index in [1.165, 1.54) is 0 Å². The fourth-order valence-corrected chi connectivity index (χ4v) is 1.97. The van der Waals surface area contributed by atoms with Crippen LogP contribution in [0.5, 0.6) is 0 Å². The molecule has 1 aromatic carbocycles. The van der Waals surface area contributed by atoms with E-state index in [9.17, 15) is 9.90 Å². The van der Waals surface area contributed by atoms with E-state index in [0.29, 0.717) is 5.69 Å². The van der Waals surface area contributed by atoms with Crippen LogP contribution in [0.3, 0.4) is 0 Å². The number of nitrogens with zero attached hydrogens (tertiary/aromatic N) is 1. The lowest BCUT2D eigenvalue weighted by Crippen LogP contribution is -2.19. The van der Waals surface area contributed by atoms with Crippen molar-refractivity contribution in [2.45, 2.75) is 26.2 Å². The summed E-state index contributed by atoms with van der Waals surface area (Å²) in [7, 11) is 0. The number of aromatic carboxylic acids is 1. The van der Waals surface area contributed by atoms with Crippen molar-refractivity contribution in [3.8, 4) is 11.3 Å². The summed E-state index contributed by atoms with van der Waals surface area (Å²) in [6.07, 6.45) is 0. The first-order valence-corrected chi connectivity index (χ1v) is 6.20. The number of hydrogen-bond acceptors (Lipinski definition) is 2. The predicted octanol–water partition coefficient (Wildman–Crippen LogP) is 3.74. The Hall–Kier alpha value is -2.16. The van der Waals surface area contributed by atoms with Gasteiger partial charge in [0.2, 0.25) is 0 Å². The van der Waals surface area contributed by atoms with E-state index in [4.69, 9.17) is 0 Å². The highest BCUT2D eigenvalue weighted by Crippen LogP contribution is 2.27. The molecule has 19 heavy (non-hydrogen) atoms. The van der Waals surface area contributed by atoms with Crippen LogP contribution in [-0.4, -0.2) is 16.1 Å². The van der Waals surface area contributed by atoms with Gasteiger partial charge in [-0.05, 0) is 12.1 Å². The summed E-state index contributed by atoms with van der Waals surface area (Å²) >= 11 is 0. The Bertz CT molecular complexity index is 598. The first kappa shape index (κ1) is 13.3. The van der Waals surface area contributed by atoms with E-state index in [-0.39, 0.29) is 11.0 Å². The molecule has 1 heterocycles. The standard InChI is InChI=1S/C16H17NO2/c1-16(2,3)14-12(15(18)19)9-10-13(17-14)11-7-5-4-6-8-11/h4-10H,1-3H3,(H,18,19). The Morgan fingerprint density at radius 3 is 2.21 bits per heavy atom. The van der Waals surface area contributed by atoms with Crippen molar-refractivity contribution in [3.05, 3.63) is 53.7 Å². The molecule has 0 unspecified atom stereocenters. The summed E-state index contributed by atoms with van der Waals surface area (Å²) in [4.78, 5) is 15.8. The quantitative estimate of drug-likeness (QED) is 0.889. The molecule has 0 saturated carbocycles. The zero-order chi connectivity index (χ0) is 14.0. The number of hydrogen-bond donors (Lipinski definition) is 1. The minimum Gasteiger partial charge on any atom is -0.478 e. The lowest BCUT2D eigenvalue weighted by Gasteiger charge is -2.20. The second-order valence-electron chi connectivity index (χ2n) is 5.51. The van der Waals surface area contributed by atoms with Crippen molar-refractivity contribution in [1.82, 2.24) is 4.98 Å². The van der Waals surface area contributed by atoms with Gasteiger partial charge in [-0.3, -0.25) is 4.98 Å². The van der Waals surface area contributed by atoms with Gasteiger partial charge in [0, 0.05) is 11.0 Å². The van der Waals surface area contributed by atoms with E-state index in [1.54, 1.807) is 12.1 Å². The van der Waals surface area contributed by atoms with Gasteiger partial charge in [-0.15, -0.1) is 0 Å². The maximum atomic E-state index is 11.3. The summed E-state index contributed by atoms with van der Waals surface area (Å²) in [5.74, 6) is -0.933. The smallest absolute Gasteiger partial charge is 0.337 e. The molecule has 1 N–H and O–H groups in total. The monoisotopic (exact) mass is 255 g/mol. The molecule has 0 atom stereocenters. The van der Waals surface area contributed by atoms with Gasteiger partial charge in [0.25, 0.3) is 0 Å². The van der Waals surface area contributed by atoms with Crippen LogP contribution < -0.4 is 0 Å². The fourth-order valence-electron chi connectivity index (χ4n) is 1.97. The molecule has 3 heteroatoms. The normalized spacial score (nSPS) is 11.3. The molecule has 3 nitrogen and oxygen atoms in total. The molecule has 2 aromatic rings. The van der Waals surface area contributed by atoms with Gasteiger partial charge in [-0.1, -0.05) is 51.1 Å². The maximum absolute atomic E-state index is 11.3. The van der Waals surface area contributed by atoms with Crippen LogP contribution in [0.4, 0.5) is 0 Å². The zero-order valence-corrected chi connectivity index (χ0v) is 11.3. The molecule has 2 rings (SSSR count). The van der Waals surface area contributed by atoms with Gasteiger partial charge in [0.15, 0.2) is 0 Å². The van der Waals surface area contributed by atoms with Crippen molar-refractivity contribution >= 4 is 5.97 Å². The van der Waals surface area contributed by atoms with Crippen LogP contribution in [0.25, 0.3) is 11.3 Å². The van der Waals surface area contributed by atoms with Crippen molar-refractivity contribution in [1.29, 1.82) is 0 Å². The summed E-state index contributed by atoms with van der Waals surface area (Å²) in [6, 6.07) is 13.2. The van der Waals surface area contributed by atoms with Crippen LogP contribution in [0, 0.1) is 0 Å². The number of carbonyl (C=O) groups is 1. The predicted molar refractivity (Wildman–Crippen MR) is 75.3 cm³/mol. The third-order valence-corrected chi connectivity index (χ3v) is 2.91. The van der Waals surface area contributed by atoms with Crippen molar-refractivity contribution in [2.75, 3.05) is 0 Å². The third-order valence-electron chi connectivity index (χ3n) is 2.91. The van der Waals surface area contributed by atoms with Gasteiger partial charge in [0.05, 0.1) is 17.0 Å². The van der Waals surface area contributed by atoms with Gasteiger partial charge >= 0.3 is 5.97 Å². The summed E-state index contributed by atoms with van der Waals surface area (Å²) < 4.78 is 0. The number of aromatic nitrogens is 1. The Kier molecular flexibility index (Phi) is 3.38. The van der Waals surface area contributed by atoms with Crippen molar-refractivity contribution < 1.29 is 9.90 Å². The first-order chi connectivity index (χ1) is 8.89. The highest BCUT2D eigenvalue weighted by molar-refractivity contribution is 5.89. The average molecular weight is 255 g/mol. The molecule has 1 aromatic heterocycles. The number of carboxylic acids is 1. The van der Waals surface area contributed by atoms with Crippen LogP contribution in [0.1, 0.15) is 36.8 Å². The minimum absolute atomic E-state index is 0.271. The molecular formula is C16H17NO2. The number of pyridine rings is 1. The van der Waals surface area contributed by atoms with E-state index in [0.717, 1.165) is 11.3 Å². The Balaban J connectivity index is 2.60. The van der Waals surface area contributed by atoms with Crippen LogP contribution in [-0.2, 0) is 5.41 Å². The minimum atomic E-state index is -0.933. The molecule has 0 aliphatic carbocycles. The number of carboxylic acid groups (broad SMARTS) is 1. The van der Waals surface area contributed by atoms with Crippen molar-refractivity contribution in [2.24, 2.45) is 0 Å². The lowest BCUT2D eigenvalue weighted by atomic mass is 9.88. The molecule has 0 radical (unpaired) electrons.